The Morgan fingerprint density at radius 1 is 1.31 bits per heavy atom. The van der Waals surface area contributed by atoms with Crippen LogP contribution >= 0.6 is 0 Å². The van der Waals surface area contributed by atoms with E-state index in [0.717, 1.165) is 5.56 Å². The molecule has 0 aliphatic rings. The van der Waals surface area contributed by atoms with Crippen LogP contribution in [0.5, 0.6) is 0 Å². The van der Waals surface area contributed by atoms with Crippen LogP contribution in [0, 0.1) is 6.92 Å². The number of rotatable bonds is 1. The molecule has 0 aromatic heterocycles. The van der Waals surface area contributed by atoms with Crippen molar-refractivity contribution in [1.82, 2.24) is 0 Å². The first-order valence-electron chi connectivity index (χ1n) is 5.11. The zero-order valence-corrected chi connectivity index (χ0v) is 10.6. The Morgan fingerprint density at radius 2 is 1.81 bits per heavy atom. The van der Waals surface area contributed by atoms with Crippen LogP contribution in [0.2, 0.25) is 0 Å². The molecular formula is C13H20O3. The minimum absolute atomic E-state index is 0.284. The minimum Gasteiger partial charge on any atom is -0.465 e. The molecule has 0 aliphatic heterocycles. The quantitative estimate of drug-likeness (QED) is 0.746. The number of methoxy groups -OCH3 is 1. The molecule has 0 atom stereocenters. The predicted molar refractivity (Wildman–Crippen MR) is 64.5 cm³/mol. The first kappa shape index (κ1) is 14.6. The lowest BCUT2D eigenvalue weighted by Crippen LogP contribution is -2.10. The smallest absolute Gasteiger partial charge is 0.337 e. The molecule has 90 valence electrons. The fraction of sp³-hybridized carbons (Fsp3) is 0.462. The summed E-state index contributed by atoms with van der Waals surface area (Å²) in [5.41, 5.74) is 1.17. The molecule has 1 aromatic rings. The third kappa shape index (κ3) is 8.00. The molecule has 0 unspecified atom stereocenters. The van der Waals surface area contributed by atoms with Crippen LogP contribution in [0.1, 0.15) is 36.7 Å². The van der Waals surface area contributed by atoms with Gasteiger partial charge in [0.05, 0.1) is 18.3 Å². The maximum Gasteiger partial charge on any atom is 0.337 e. The molecule has 3 heteroatoms. The number of aliphatic hydroxyl groups is 1. The minimum atomic E-state index is -0.500. The summed E-state index contributed by atoms with van der Waals surface area (Å²) in [5.74, 6) is -0.284. The van der Waals surface area contributed by atoms with Gasteiger partial charge in [-0.2, -0.15) is 0 Å². The maximum atomic E-state index is 10.9. The second kappa shape index (κ2) is 6.28. The van der Waals surface area contributed by atoms with E-state index in [2.05, 4.69) is 4.74 Å². The van der Waals surface area contributed by atoms with Crippen LogP contribution in [0.3, 0.4) is 0 Å². The first-order chi connectivity index (χ1) is 7.24. The van der Waals surface area contributed by atoms with E-state index in [4.69, 9.17) is 5.11 Å². The van der Waals surface area contributed by atoms with Gasteiger partial charge in [0.1, 0.15) is 0 Å². The number of hydrogen-bond acceptors (Lipinski definition) is 3. The summed E-state index contributed by atoms with van der Waals surface area (Å²) in [6, 6.07) is 7.30. The van der Waals surface area contributed by atoms with Crippen LogP contribution in [0.25, 0.3) is 0 Å². The lowest BCUT2D eigenvalue weighted by molar-refractivity contribution is 0.0600. The van der Waals surface area contributed by atoms with Crippen molar-refractivity contribution in [3.8, 4) is 0 Å². The second-order valence-electron chi connectivity index (χ2n) is 4.53. The maximum absolute atomic E-state index is 10.9. The van der Waals surface area contributed by atoms with Gasteiger partial charge in [-0.05, 0) is 39.8 Å². The number of carbonyl (C=O) groups excluding carboxylic acids is 1. The van der Waals surface area contributed by atoms with E-state index < -0.39 is 5.60 Å². The van der Waals surface area contributed by atoms with Gasteiger partial charge in [-0.15, -0.1) is 0 Å². The highest BCUT2D eigenvalue weighted by molar-refractivity contribution is 5.89. The van der Waals surface area contributed by atoms with Gasteiger partial charge in [-0.3, -0.25) is 0 Å². The summed E-state index contributed by atoms with van der Waals surface area (Å²) in [6.45, 7) is 7.17. The number of benzene rings is 1. The normalized spacial score (nSPS) is 10.1. The second-order valence-corrected chi connectivity index (χ2v) is 4.53. The Balaban J connectivity index is 0.000000385. The van der Waals surface area contributed by atoms with Crippen molar-refractivity contribution in [3.63, 3.8) is 0 Å². The Labute approximate surface area is 97.1 Å². The van der Waals surface area contributed by atoms with Crippen molar-refractivity contribution in [2.24, 2.45) is 0 Å². The SMILES string of the molecule is CC(C)(C)O.COC(=O)c1cccc(C)c1. The largest absolute Gasteiger partial charge is 0.465 e. The molecule has 1 aromatic carbocycles. The Hall–Kier alpha value is -1.35. The van der Waals surface area contributed by atoms with E-state index in [1.54, 1.807) is 32.9 Å². The Morgan fingerprint density at radius 3 is 2.19 bits per heavy atom. The van der Waals surface area contributed by atoms with Crippen molar-refractivity contribution >= 4 is 5.97 Å². The van der Waals surface area contributed by atoms with E-state index in [-0.39, 0.29) is 5.97 Å². The molecule has 0 spiro atoms. The Bertz CT molecular complexity index is 331. The summed E-state index contributed by atoms with van der Waals surface area (Å²) in [4.78, 5) is 10.9. The zero-order valence-electron chi connectivity index (χ0n) is 10.6. The summed E-state index contributed by atoms with van der Waals surface area (Å²) in [6.07, 6.45) is 0. The van der Waals surface area contributed by atoms with Crippen molar-refractivity contribution in [1.29, 1.82) is 0 Å². The Kier molecular flexibility index (Phi) is 5.75. The van der Waals surface area contributed by atoms with Crippen molar-refractivity contribution < 1.29 is 14.6 Å². The van der Waals surface area contributed by atoms with E-state index in [0.29, 0.717) is 5.56 Å². The van der Waals surface area contributed by atoms with E-state index in [1.807, 2.05) is 19.1 Å². The van der Waals surface area contributed by atoms with Gasteiger partial charge in [0.25, 0.3) is 0 Å². The summed E-state index contributed by atoms with van der Waals surface area (Å²) in [7, 11) is 1.38. The average Bonchev–Trinajstić information content (AvgIpc) is 2.14. The van der Waals surface area contributed by atoms with Gasteiger partial charge in [-0.25, -0.2) is 4.79 Å². The average molecular weight is 224 g/mol. The fourth-order valence-corrected chi connectivity index (χ4v) is 0.890. The molecule has 3 nitrogen and oxygen atoms in total. The number of ether oxygens (including phenoxy) is 1. The molecule has 1 N–H and O–H groups in total. The van der Waals surface area contributed by atoms with Gasteiger partial charge < -0.3 is 9.84 Å². The van der Waals surface area contributed by atoms with Gasteiger partial charge in [0, 0.05) is 0 Å². The van der Waals surface area contributed by atoms with E-state index in [9.17, 15) is 4.79 Å². The van der Waals surface area contributed by atoms with Gasteiger partial charge in [-0.1, -0.05) is 17.7 Å². The van der Waals surface area contributed by atoms with Crippen LogP contribution in [-0.4, -0.2) is 23.8 Å². The summed E-state index contributed by atoms with van der Waals surface area (Å²) in [5, 5.41) is 8.52. The third-order valence-electron chi connectivity index (χ3n) is 1.44. The first-order valence-corrected chi connectivity index (χ1v) is 5.11. The number of carbonyl (C=O) groups is 1. The highest BCUT2D eigenvalue weighted by Gasteiger charge is 2.02. The summed E-state index contributed by atoms with van der Waals surface area (Å²) < 4.78 is 4.55. The van der Waals surface area contributed by atoms with Crippen molar-refractivity contribution in [2.45, 2.75) is 33.3 Å². The van der Waals surface area contributed by atoms with Gasteiger partial charge in [0.15, 0.2) is 0 Å². The molecule has 0 aliphatic carbocycles. The van der Waals surface area contributed by atoms with E-state index in [1.165, 1.54) is 7.11 Å². The lowest BCUT2D eigenvalue weighted by atomic mass is 10.1. The number of esters is 1. The standard InChI is InChI=1S/C9H10O2.C4H10O/c1-7-4-3-5-8(6-7)9(10)11-2;1-4(2,3)5/h3-6H,1-2H3;5H,1-3H3. The predicted octanol–water partition coefficient (Wildman–Crippen LogP) is 2.56. The van der Waals surface area contributed by atoms with Crippen LogP contribution in [-0.2, 0) is 4.74 Å². The molecule has 0 bridgehead atoms. The highest BCUT2D eigenvalue weighted by Crippen LogP contribution is 2.04. The molecule has 1 rings (SSSR count). The molecule has 0 fully saturated rings. The van der Waals surface area contributed by atoms with Crippen LogP contribution in [0.4, 0.5) is 0 Å². The molecule has 0 radical (unpaired) electrons. The molecule has 0 amide bonds. The van der Waals surface area contributed by atoms with Gasteiger partial charge >= 0.3 is 5.97 Å². The lowest BCUT2D eigenvalue weighted by Gasteiger charge is -2.04. The van der Waals surface area contributed by atoms with Crippen LogP contribution in [0.15, 0.2) is 24.3 Å². The van der Waals surface area contributed by atoms with Gasteiger partial charge in [0.2, 0.25) is 0 Å². The molecule has 0 saturated carbocycles. The molecular weight excluding hydrogens is 204 g/mol. The van der Waals surface area contributed by atoms with E-state index >= 15 is 0 Å². The number of hydrogen-bond donors (Lipinski definition) is 1. The fourth-order valence-electron chi connectivity index (χ4n) is 0.890. The van der Waals surface area contributed by atoms with Crippen LogP contribution < -0.4 is 0 Å². The molecule has 16 heavy (non-hydrogen) atoms. The molecule has 0 saturated heterocycles. The number of aryl methyl sites for hydroxylation is 1. The van der Waals surface area contributed by atoms with Crippen molar-refractivity contribution in [3.05, 3.63) is 35.4 Å². The monoisotopic (exact) mass is 224 g/mol. The zero-order chi connectivity index (χ0) is 12.8. The highest BCUT2D eigenvalue weighted by atomic mass is 16.5. The summed E-state index contributed by atoms with van der Waals surface area (Å²) >= 11 is 0. The topological polar surface area (TPSA) is 46.5 Å². The van der Waals surface area contributed by atoms with Crippen molar-refractivity contribution in [2.75, 3.05) is 7.11 Å². The molecule has 0 heterocycles. The third-order valence-corrected chi connectivity index (χ3v) is 1.44.